The number of hydrogen-bond acceptors (Lipinski definition) is 5. The molecule has 0 spiro atoms. The summed E-state index contributed by atoms with van der Waals surface area (Å²) in [7, 11) is 0.963. The lowest BCUT2D eigenvalue weighted by molar-refractivity contribution is 0.0556. The van der Waals surface area contributed by atoms with Crippen LogP contribution in [0.4, 0.5) is 22.0 Å². The third-order valence-electron chi connectivity index (χ3n) is 2.21. The fourth-order valence-electron chi connectivity index (χ4n) is 1.29. The van der Waals surface area contributed by atoms with Gasteiger partial charge >= 0.3 is 11.9 Å². The summed E-state index contributed by atoms with van der Waals surface area (Å²) < 4.78 is 74.3. The van der Waals surface area contributed by atoms with E-state index in [0.29, 0.717) is 0 Å². The van der Waals surface area contributed by atoms with Crippen molar-refractivity contribution < 1.29 is 35.9 Å². The molecule has 5 nitrogen and oxygen atoms in total. The van der Waals surface area contributed by atoms with Crippen molar-refractivity contribution in [3.63, 3.8) is 0 Å². The number of ether oxygens (including phenoxy) is 1. The van der Waals surface area contributed by atoms with Gasteiger partial charge in [-0.3, -0.25) is 0 Å². The van der Waals surface area contributed by atoms with Gasteiger partial charge in [-0.25, -0.2) is 26.7 Å². The molecule has 2 rings (SSSR count). The first kappa shape index (κ1) is 13.9. The summed E-state index contributed by atoms with van der Waals surface area (Å²) in [6.07, 6.45) is 0. The quantitative estimate of drug-likeness (QED) is 0.368. The predicted molar refractivity (Wildman–Crippen MR) is 50.9 cm³/mol. The molecule has 2 aromatic rings. The number of rotatable bonds is 2. The number of methoxy groups -OCH3 is 1. The molecule has 1 aromatic heterocycles. The number of benzene rings is 1. The molecular formula is C10H3F5N2O3. The Labute approximate surface area is 107 Å². The summed E-state index contributed by atoms with van der Waals surface area (Å²) in [6.45, 7) is 0. The van der Waals surface area contributed by atoms with E-state index in [1.54, 1.807) is 0 Å². The number of halogens is 5. The number of hydrogen-bond donors (Lipinski definition) is 0. The molecule has 0 saturated carbocycles. The summed E-state index contributed by atoms with van der Waals surface area (Å²) >= 11 is 0. The number of carbonyl (C=O) groups is 1. The molecule has 0 fully saturated rings. The van der Waals surface area contributed by atoms with E-state index in [1.165, 1.54) is 0 Å². The Morgan fingerprint density at radius 3 is 1.95 bits per heavy atom. The fraction of sp³-hybridized carbons (Fsp3) is 0.100. The second kappa shape index (κ2) is 4.87. The molecule has 1 aromatic carbocycles. The van der Waals surface area contributed by atoms with Gasteiger partial charge in [-0.2, -0.15) is 0 Å². The van der Waals surface area contributed by atoms with Crippen LogP contribution in [0.5, 0.6) is 0 Å². The first-order valence-electron chi connectivity index (χ1n) is 4.82. The second-order valence-electron chi connectivity index (χ2n) is 3.35. The van der Waals surface area contributed by atoms with Crippen LogP contribution in [0.25, 0.3) is 11.5 Å². The van der Waals surface area contributed by atoms with Crippen molar-refractivity contribution >= 4 is 5.97 Å². The predicted octanol–water partition coefficient (Wildman–Crippen LogP) is 2.22. The number of carbonyl (C=O) groups excluding carboxylic acids is 1. The minimum Gasteiger partial charge on any atom is -0.462 e. The van der Waals surface area contributed by atoms with Gasteiger partial charge in [0.2, 0.25) is 5.82 Å². The van der Waals surface area contributed by atoms with Crippen LogP contribution in [0.2, 0.25) is 0 Å². The van der Waals surface area contributed by atoms with Gasteiger partial charge in [0.25, 0.3) is 5.89 Å². The highest BCUT2D eigenvalue weighted by molar-refractivity contribution is 5.84. The third kappa shape index (κ3) is 1.98. The normalized spacial score (nSPS) is 10.7. The van der Waals surface area contributed by atoms with Gasteiger partial charge in [0, 0.05) is 0 Å². The summed E-state index contributed by atoms with van der Waals surface area (Å²) in [5.41, 5.74) is -1.43. The highest BCUT2D eigenvalue weighted by Gasteiger charge is 2.30. The molecular weight excluding hydrogens is 291 g/mol. The van der Waals surface area contributed by atoms with E-state index in [0.717, 1.165) is 7.11 Å². The van der Waals surface area contributed by atoms with Crippen molar-refractivity contribution in [1.82, 2.24) is 10.2 Å². The van der Waals surface area contributed by atoms with E-state index in [1.807, 2.05) is 0 Å². The van der Waals surface area contributed by atoms with Gasteiger partial charge < -0.3 is 9.15 Å². The van der Waals surface area contributed by atoms with Crippen LogP contribution in [0.1, 0.15) is 10.7 Å². The lowest BCUT2D eigenvalue weighted by Crippen LogP contribution is -2.04. The lowest BCUT2D eigenvalue weighted by Gasteiger charge is -2.04. The van der Waals surface area contributed by atoms with E-state index in [9.17, 15) is 26.7 Å². The van der Waals surface area contributed by atoms with Crippen molar-refractivity contribution in [2.45, 2.75) is 0 Å². The maximum absolute atomic E-state index is 13.4. The summed E-state index contributed by atoms with van der Waals surface area (Å²) in [5.74, 6) is -13.9. The Kier molecular flexibility index (Phi) is 3.38. The topological polar surface area (TPSA) is 65.2 Å². The van der Waals surface area contributed by atoms with Gasteiger partial charge in [-0.1, -0.05) is 0 Å². The summed E-state index contributed by atoms with van der Waals surface area (Å²) in [4.78, 5) is 11.0. The molecule has 0 aliphatic carbocycles. The molecule has 10 heteroatoms. The molecule has 1 heterocycles. The molecule has 0 amide bonds. The second-order valence-corrected chi connectivity index (χ2v) is 3.35. The van der Waals surface area contributed by atoms with E-state index >= 15 is 0 Å². The fourth-order valence-corrected chi connectivity index (χ4v) is 1.29. The van der Waals surface area contributed by atoms with E-state index < -0.39 is 52.4 Å². The van der Waals surface area contributed by atoms with Gasteiger partial charge in [-0.15, -0.1) is 10.2 Å². The first-order valence-corrected chi connectivity index (χ1v) is 4.82. The summed E-state index contributed by atoms with van der Waals surface area (Å²) in [6, 6.07) is 0. The zero-order valence-corrected chi connectivity index (χ0v) is 9.51. The van der Waals surface area contributed by atoms with Gasteiger partial charge in [0.1, 0.15) is 5.56 Å². The number of aromatic nitrogens is 2. The Morgan fingerprint density at radius 1 is 0.950 bits per heavy atom. The molecule has 0 bridgehead atoms. The maximum Gasteiger partial charge on any atom is 0.396 e. The minimum atomic E-state index is -2.32. The zero-order chi connectivity index (χ0) is 15.0. The Bertz CT molecular complexity index is 671. The van der Waals surface area contributed by atoms with Crippen LogP contribution in [-0.4, -0.2) is 23.3 Å². The van der Waals surface area contributed by atoms with Crippen molar-refractivity contribution in [3.05, 3.63) is 35.0 Å². The molecule has 0 aliphatic heterocycles. The maximum atomic E-state index is 13.4. The van der Waals surface area contributed by atoms with E-state index in [2.05, 4.69) is 19.4 Å². The standard InChI is InChI=1S/C10H3F5N2O3/c1-19-10(18)9-17-16-8(20-9)2-3(11)5(13)7(15)6(14)4(2)12/h1H3. The van der Waals surface area contributed by atoms with Crippen LogP contribution in [0.3, 0.4) is 0 Å². The van der Waals surface area contributed by atoms with Gasteiger partial charge in [-0.05, 0) is 0 Å². The lowest BCUT2D eigenvalue weighted by atomic mass is 10.1. The molecule has 0 radical (unpaired) electrons. The zero-order valence-electron chi connectivity index (χ0n) is 9.51. The highest BCUT2D eigenvalue weighted by atomic mass is 19.2. The number of nitrogens with zero attached hydrogens (tertiary/aromatic N) is 2. The monoisotopic (exact) mass is 294 g/mol. The SMILES string of the molecule is COC(=O)c1nnc(-c2c(F)c(F)c(F)c(F)c2F)o1. The molecule has 0 aliphatic rings. The first-order chi connectivity index (χ1) is 9.38. The molecule has 0 N–H and O–H groups in total. The molecule has 0 saturated heterocycles. The van der Waals surface area contributed by atoms with Crippen LogP contribution < -0.4 is 0 Å². The smallest absolute Gasteiger partial charge is 0.396 e. The summed E-state index contributed by atoms with van der Waals surface area (Å²) in [5, 5.41) is 6.10. The van der Waals surface area contributed by atoms with Crippen molar-refractivity contribution in [1.29, 1.82) is 0 Å². The van der Waals surface area contributed by atoms with Gasteiger partial charge in [0.05, 0.1) is 7.11 Å². The van der Waals surface area contributed by atoms with Crippen LogP contribution in [-0.2, 0) is 4.74 Å². The third-order valence-corrected chi connectivity index (χ3v) is 2.21. The Hall–Kier alpha value is -2.52. The van der Waals surface area contributed by atoms with Crippen molar-refractivity contribution in [3.8, 4) is 11.5 Å². The average Bonchev–Trinajstić information content (AvgIpc) is 2.92. The largest absolute Gasteiger partial charge is 0.462 e. The minimum absolute atomic E-state index is 0.800. The molecule has 0 unspecified atom stereocenters. The Morgan fingerprint density at radius 2 is 1.45 bits per heavy atom. The molecule has 20 heavy (non-hydrogen) atoms. The van der Waals surface area contributed by atoms with E-state index in [4.69, 9.17) is 0 Å². The Balaban J connectivity index is 2.64. The molecule has 106 valence electrons. The highest BCUT2D eigenvalue weighted by Crippen LogP contribution is 2.30. The van der Waals surface area contributed by atoms with Gasteiger partial charge in [0.15, 0.2) is 23.3 Å². The van der Waals surface area contributed by atoms with Crippen LogP contribution in [0, 0.1) is 29.1 Å². The molecule has 0 atom stereocenters. The number of esters is 1. The van der Waals surface area contributed by atoms with Crippen LogP contribution in [0.15, 0.2) is 4.42 Å². The van der Waals surface area contributed by atoms with Crippen molar-refractivity contribution in [2.24, 2.45) is 0 Å². The average molecular weight is 294 g/mol. The van der Waals surface area contributed by atoms with Crippen molar-refractivity contribution in [2.75, 3.05) is 7.11 Å². The van der Waals surface area contributed by atoms with Crippen LogP contribution >= 0.6 is 0 Å². The van der Waals surface area contributed by atoms with E-state index in [-0.39, 0.29) is 0 Å².